The Hall–Kier alpha value is -3.05. The second kappa shape index (κ2) is 8.83. The summed E-state index contributed by atoms with van der Waals surface area (Å²) in [5.41, 5.74) is 5.49. The number of hydrogen-bond acceptors (Lipinski definition) is 3. The highest BCUT2D eigenvalue weighted by Crippen LogP contribution is 2.42. The molecule has 0 radical (unpaired) electrons. The predicted octanol–water partition coefficient (Wildman–Crippen LogP) is 6.32. The molecule has 3 aromatic carbocycles. The molecule has 0 aromatic heterocycles. The summed E-state index contributed by atoms with van der Waals surface area (Å²) in [6.07, 6.45) is 0. The molecule has 4 nitrogen and oxygen atoms in total. The van der Waals surface area contributed by atoms with Gasteiger partial charge in [-0.2, -0.15) is 0 Å². The first-order valence-corrected chi connectivity index (χ1v) is 11.8. The minimum absolute atomic E-state index is 0.0609. The molecule has 1 aliphatic heterocycles. The van der Waals surface area contributed by atoms with Crippen LogP contribution in [0.2, 0.25) is 0 Å². The highest BCUT2D eigenvalue weighted by atomic mass is 32.2. The molecule has 2 amide bonds. The van der Waals surface area contributed by atoms with E-state index < -0.39 is 0 Å². The first-order chi connectivity index (χ1) is 15.2. The molecule has 1 fully saturated rings. The van der Waals surface area contributed by atoms with Crippen LogP contribution in [0, 0.1) is 6.92 Å². The quantitative estimate of drug-likeness (QED) is 0.512. The van der Waals surface area contributed by atoms with Crippen molar-refractivity contribution in [3.63, 3.8) is 0 Å². The zero-order valence-electron chi connectivity index (χ0n) is 18.9. The number of carbonyl (C=O) groups excluding carboxylic acids is 2. The van der Waals surface area contributed by atoms with Crippen molar-refractivity contribution in [2.24, 2.45) is 0 Å². The van der Waals surface area contributed by atoms with Crippen LogP contribution in [0.15, 0.2) is 72.8 Å². The molecule has 0 aliphatic carbocycles. The van der Waals surface area contributed by atoms with Crippen LogP contribution in [0.3, 0.4) is 0 Å². The summed E-state index contributed by atoms with van der Waals surface area (Å²) in [5.74, 6) is 0.397. The van der Waals surface area contributed by atoms with E-state index in [1.807, 2.05) is 72.5 Å². The van der Waals surface area contributed by atoms with E-state index in [4.69, 9.17) is 0 Å². The maximum absolute atomic E-state index is 12.8. The van der Waals surface area contributed by atoms with Crippen molar-refractivity contribution in [2.75, 3.05) is 16.0 Å². The average molecular weight is 445 g/mol. The Morgan fingerprint density at radius 3 is 2.41 bits per heavy atom. The third kappa shape index (κ3) is 4.58. The van der Waals surface area contributed by atoms with E-state index in [2.05, 4.69) is 38.2 Å². The smallest absolute Gasteiger partial charge is 0.255 e. The fourth-order valence-electron chi connectivity index (χ4n) is 3.87. The van der Waals surface area contributed by atoms with Crippen molar-refractivity contribution in [2.45, 2.75) is 38.5 Å². The van der Waals surface area contributed by atoms with Crippen molar-refractivity contribution in [1.82, 2.24) is 0 Å². The molecular formula is C27H28N2O2S. The van der Waals surface area contributed by atoms with Crippen molar-refractivity contribution in [3.05, 3.63) is 95.1 Å². The Kier molecular flexibility index (Phi) is 6.11. The lowest BCUT2D eigenvalue weighted by Gasteiger charge is -2.26. The van der Waals surface area contributed by atoms with Crippen LogP contribution in [-0.4, -0.2) is 17.6 Å². The molecule has 1 aliphatic rings. The highest BCUT2D eigenvalue weighted by molar-refractivity contribution is 8.00. The lowest BCUT2D eigenvalue weighted by atomic mass is 9.87. The minimum atomic E-state index is -0.134. The van der Waals surface area contributed by atoms with Gasteiger partial charge in [0.1, 0.15) is 5.37 Å². The topological polar surface area (TPSA) is 49.4 Å². The third-order valence-corrected chi connectivity index (χ3v) is 6.91. The molecule has 1 heterocycles. The summed E-state index contributed by atoms with van der Waals surface area (Å²) >= 11 is 1.61. The normalized spacial score (nSPS) is 16.3. The molecule has 164 valence electrons. The van der Waals surface area contributed by atoms with Gasteiger partial charge in [0, 0.05) is 16.9 Å². The van der Waals surface area contributed by atoms with Crippen molar-refractivity contribution < 1.29 is 9.59 Å². The number of benzene rings is 3. The first-order valence-electron chi connectivity index (χ1n) is 10.8. The van der Waals surface area contributed by atoms with Gasteiger partial charge in [0.2, 0.25) is 5.91 Å². The first kappa shape index (κ1) is 22.2. The molecule has 1 N–H and O–H groups in total. The van der Waals surface area contributed by atoms with Gasteiger partial charge in [-0.3, -0.25) is 14.5 Å². The zero-order chi connectivity index (χ0) is 22.9. The average Bonchev–Trinajstić information content (AvgIpc) is 3.15. The van der Waals surface area contributed by atoms with Crippen molar-refractivity contribution in [3.8, 4) is 0 Å². The molecule has 1 atom stereocenters. The van der Waals surface area contributed by atoms with Gasteiger partial charge in [0.05, 0.1) is 5.75 Å². The van der Waals surface area contributed by atoms with E-state index in [0.717, 1.165) is 22.5 Å². The van der Waals surface area contributed by atoms with Gasteiger partial charge >= 0.3 is 0 Å². The molecule has 0 saturated carbocycles. The van der Waals surface area contributed by atoms with Gasteiger partial charge < -0.3 is 5.32 Å². The number of nitrogens with one attached hydrogen (secondary N) is 1. The largest absolute Gasteiger partial charge is 0.322 e. The molecule has 0 spiro atoms. The van der Waals surface area contributed by atoms with Crippen molar-refractivity contribution in [1.29, 1.82) is 0 Å². The van der Waals surface area contributed by atoms with Gasteiger partial charge in [-0.15, -0.1) is 11.8 Å². The lowest BCUT2D eigenvalue weighted by Crippen LogP contribution is -2.28. The maximum atomic E-state index is 12.8. The van der Waals surface area contributed by atoms with Crippen LogP contribution in [0.1, 0.15) is 53.2 Å². The van der Waals surface area contributed by atoms with Crippen LogP contribution in [0.25, 0.3) is 0 Å². The van der Waals surface area contributed by atoms with Crippen LogP contribution < -0.4 is 10.2 Å². The number of amides is 2. The number of thioether (sulfide) groups is 1. The summed E-state index contributed by atoms with van der Waals surface area (Å²) in [7, 11) is 0. The van der Waals surface area contributed by atoms with E-state index in [0.29, 0.717) is 11.3 Å². The molecule has 1 saturated heterocycles. The lowest BCUT2D eigenvalue weighted by molar-refractivity contribution is -0.115. The van der Waals surface area contributed by atoms with Gasteiger partial charge in [-0.05, 0) is 59.4 Å². The SMILES string of the molecule is Cc1ccccc1C(=O)Nc1cccc([C@@H]2SCC(=O)N2c2ccc(C(C)(C)C)cc2)c1. The van der Waals surface area contributed by atoms with Crippen LogP contribution in [-0.2, 0) is 10.2 Å². The van der Waals surface area contributed by atoms with E-state index in [-0.39, 0.29) is 22.6 Å². The Labute approximate surface area is 194 Å². The third-order valence-electron chi connectivity index (χ3n) is 5.70. The number of hydrogen-bond donors (Lipinski definition) is 1. The Balaban J connectivity index is 1.58. The Morgan fingerprint density at radius 1 is 1.00 bits per heavy atom. The van der Waals surface area contributed by atoms with E-state index in [1.165, 1.54) is 5.56 Å². The fraction of sp³-hybridized carbons (Fsp3) is 0.259. The van der Waals surface area contributed by atoms with Crippen molar-refractivity contribution >= 4 is 35.0 Å². The predicted molar refractivity (Wildman–Crippen MR) is 133 cm³/mol. The summed E-state index contributed by atoms with van der Waals surface area (Å²) in [6, 6.07) is 23.6. The molecular weight excluding hydrogens is 416 g/mol. The molecule has 0 bridgehead atoms. The monoisotopic (exact) mass is 444 g/mol. The van der Waals surface area contributed by atoms with Crippen LogP contribution >= 0.6 is 11.8 Å². The zero-order valence-corrected chi connectivity index (χ0v) is 19.7. The molecule has 4 rings (SSSR count). The standard InChI is InChI=1S/C27H28N2O2S/c1-18-8-5-6-11-23(18)25(31)28-21-10-7-9-19(16-21)26-29(24(30)17-32-26)22-14-12-20(13-15-22)27(2,3)4/h5-16,26H,17H2,1-4H3,(H,28,31)/t26-/m0/s1. The second-order valence-corrected chi connectivity index (χ2v) is 10.2. The van der Waals surface area contributed by atoms with Crippen LogP contribution in [0.4, 0.5) is 11.4 Å². The molecule has 5 heteroatoms. The van der Waals surface area contributed by atoms with Gasteiger partial charge in [-0.25, -0.2) is 0 Å². The van der Waals surface area contributed by atoms with Crippen LogP contribution in [0.5, 0.6) is 0 Å². The highest BCUT2D eigenvalue weighted by Gasteiger charge is 2.34. The molecule has 3 aromatic rings. The Bertz CT molecular complexity index is 1150. The Morgan fingerprint density at radius 2 is 1.72 bits per heavy atom. The number of carbonyl (C=O) groups is 2. The summed E-state index contributed by atoms with van der Waals surface area (Å²) < 4.78 is 0. The second-order valence-electron chi connectivity index (χ2n) is 9.12. The van der Waals surface area contributed by atoms with Gasteiger partial charge in [-0.1, -0.05) is 63.2 Å². The van der Waals surface area contributed by atoms with E-state index in [1.54, 1.807) is 11.8 Å². The van der Waals surface area contributed by atoms with Gasteiger partial charge in [0.15, 0.2) is 0 Å². The summed E-state index contributed by atoms with van der Waals surface area (Å²) in [4.78, 5) is 27.4. The number of aryl methyl sites for hydroxylation is 1. The molecule has 32 heavy (non-hydrogen) atoms. The number of nitrogens with zero attached hydrogens (tertiary/aromatic N) is 1. The van der Waals surface area contributed by atoms with E-state index in [9.17, 15) is 9.59 Å². The minimum Gasteiger partial charge on any atom is -0.322 e. The fourth-order valence-corrected chi connectivity index (χ4v) is 5.03. The molecule has 0 unspecified atom stereocenters. The summed E-state index contributed by atoms with van der Waals surface area (Å²) in [5, 5.41) is 2.87. The van der Waals surface area contributed by atoms with E-state index >= 15 is 0 Å². The maximum Gasteiger partial charge on any atom is 0.255 e. The number of rotatable bonds is 4. The van der Waals surface area contributed by atoms with Gasteiger partial charge in [0.25, 0.3) is 5.91 Å². The number of anilines is 2. The summed E-state index contributed by atoms with van der Waals surface area (Å²) in [6.45, 7) is 8.46.